The molecule has 0 amide bonds. The Morgan fingerprint density at radius 1 is 1.22 bits per heavy atom. The van der Waals surface area contributed by atoms with Crippen LogP contribution in [0.1, 0.15) is 31.0 Å². The van der Waals surface area contributed by atoms with Crippen molar-refractivity contribution in [2.75, 3.05) is 6.54 Å². The molecule has 0 bridgehead atoms. The van der Waals surface area contributed by atoms with Crippen molar-refractivity contribution in [1.82, 2.24) is 25.1 Å². The Balaban J connectivity index is 1.60. The number of hydrogen-bond acceptors (Lipinski definition) is 4. The molecule has 1 heterocycles. The van der Waals surface area contributed by atoms with Gasteiger partial charge in [0.05, 0.1) is 23.7 Å². The number of aromatic nitrogens is 2. The van der Waals surface area contributed by atoms with Gasteiger partial charge in [-0.15, -0.1) is 0 Å². The van der Waals surface area contributed by atoms with E-state index < -0.39 is 10.0 Å². The van der Waals surface area contributed by atoms with Gasteiger partial charge in [-0.1, -0.05) is 12.1 Å². The molecule has 0 aliphatic heterocycles. The van der Waals surface area contributed by atoms with Crippen LogP contribution in [0.15, 0.2) is 46.4 Å². The summed E-state index contributed by atoms with van der Waals surface area (Å²) in [5, 5.41) is 10.6. The molecule has 1 saturated carbocycles. The quantitative estimate of drug-likeness (QED) is 0.463. The topological polar surface area (TPSA) is 100 Å². The normalized spacial score (nSPS) is 15.0. The standard InChI is InChI=1S/C18H26N6O2S/c1-3-19-18(21-13-16-10-11-22-24(16)2)20-12-14-4-8-17(9-5-14)27(25,26)23-15-6-7-15/h4-5,8-11,15,23H,3,6-7,12-13H2,1-2H3,(H2,19,20,21). The zero-order chi connectivity index (χ0) is 19.3. The van der Waals surface area contributed by atoms with Crippen molar-refractivity contribution in [2.45, 2.75) is 43.8 Å². The Hall–Kier alpha value is -2.39. The lowest BCUT2D eigenvalue weighted by atomic mass is 10.2. The van der Waals surface area contributed by atoms with E-state index in [0.717, 1.165) is 30.6 Å². The molecular formula is C18H26N6O2S. The molecule has 0 saturated heterocycles. The summed E-state index contributed by atoms with van der Waals surface area (Å²) in [4.78, 5) is 4.86. The lowest BCUT2D eigenvalue weighted by Crippen LogP contribution is -2.37. The molecule has 27 heavy (non-hydrogen) atoms. The van der Waals surface area contributed by atoms with Gasteiger partial charge in [0, 0.05) is 25.8 Å². The summed E-state index contributed by atoms with van der Waals surface area (Å²) in [5.74, 6) is 0.700. The van der Waals surface area contributed by atoms with Gasteiger partial charge in [0.2, 0.25) is 10.0 Å². The molecule has 1 aromatic carbocycles. The fourth-order valence-corrected chi connectivity index (χ4v) is 3.83. The Labute approximate surface area is 160 Å². The van der Waals surface area contributed by atoms with Crippen LogP contribution in [0, 0.1) is 0 Å². The molecule has 0 radical (unpaired) electrons. The van der Waals surface area contributed by atoms with E-state index in [2.05, 4.69) is 25.4 Å². The number of aryl methyl sites for hydroxylation is 1. The van der Waals surface area contributed by atoms with Gasteiger partial charge < -0.3 is 10.6 Å². The molecular weight excluding hydrogens is 364 g/mol. The zero-order valence-electron chi connectivity index (χ0n) is 15.6. The van der Waals surface area contributed by atoms with Crippen molar-refractivity contribution in [2.24, 2.45) is 12.0 Å². The molecule has 3 N–H and O–H groups in total. The largest absolute Gasteiger partial charge is 0.357 e. The Morgan fingerprint density at radius 2 is 1.96 bits per heavy atom. The number of sulfonamides is 1. The van der Waals surface area contributed by atoms with Crippen LogP contribution in [-0.2, 0) is 30.2 Å². The number of rotatable bonds is 8. The van der Waals surface area contributed by atoms with E-state index >= 15 is 0 Å². The minimum absolute atomic E-state index is 0.104. The molecule has 146 valence electrons. The third kappa shape index (κ3) is 5.54. The molecule has 8 nitrogen and oxygen atoms in total. The molecule has 0 unspecified atom stereocenters. The lowest BCUT2D eigenvalue weighted by Gasteiger charge is -2.11. The van der Waals surface area contributed by atoms with E-state index in [1.54, 1.807) is 30.5 Å². The second kappa shape index (κ2) is 8.53. The van der Waals surface area contributed by atoms with Gasteiger partial charge in [0.25, 0.3) is 0 Å². The van der Waals surface area contributed by atoms with Crippen LogP contribution in [0.3, 0.4) is 0 Å². The van der Waals surface area contributed by atoms with Gasteiger partial charge in [-0.05, 0) is 43.5 Å². The average molecular weight is 391 g/mol. The Morgan fingerprint density at radius 3 is 2.56 bits per heavy atom. The SMILES string of the molecule is CCNC(=NCc1ccc(S(=O)(=O)NC2CC2)cc1)NCc1ccnn1C. The van der Waals surface area contributed by atoms with Gasteiger partial charge >= 0.3 is 0 Å². The summed E-state index contributed by atoms with van der Waals surface area (Å²) in [7, 11) is -1.51. The first-order valence-electron chi connectivity index (χ1n) is 9.08. The van der Waals surface area contributed by atoms with Crippen LogP contribution in [-0.4, -0.2) is 36.7 Å². The molecule has 1 fully saturated rings. The molecule has 9 heteroatoms. The number of benzene rings is 1. The summed E-state index contributed by atoms with van der Waals surface area (Å²) in [5.41, 5.74) is 2.00. The molecule has 2 aromatic rings. The maximum Gasteiger partial charge on any atom is 0.240 e. The predicted octanol–water partition coefficient (Wildman–Crippen LogP) is 1.12. The molecule has 1 aromatic heterocycles. The number of guanidine groups is 1. The predicted molar refractivity (Wildman–Crippen MR) is 105 cm³/mol. The van der Waals surface area contributed by atoms with Crippen molar-refractivity contribution in [3.8, 4) is 0 Å². The van der Waals surface area contributed by atoms with E-state index in [0.29, 0.717) is 23.9 Å². The summed E-state index contributed by atoms with van der Waals surface area (Å²) >= 11 is 0. The van der Waals surface area contributed by atoms with Crippen molar-refractivity contribution < 1.29 is 8.42 Å². The maximum absolute atomic E-state index is 12.2. The first-order valence-corrected chi connectivity index (χ1v) is 10.6. The van der Waals surface area contributed by atoms with Gasteiger partial charge in [-0.25, -0.2) is 18.1 Å². The monoisotopic (exact) mass is 390 g/mol. The molecule has 0 spiro atoms. The van der Waals surface area contributed by atoms with Gasteiger partial charge in [-0.2, -0.15) is 5.10 Å². The highest BCUT2D eigenvalue weighted by molar-refractivity contribution is 7.89. The van der Waals surface area contributed by atoms with Crippen LogP contribution in [0.4, 0.5) is 0 Å². The average Bonchev–Trinajstić information content (AvgIpc) is 3.36. The molecule has 3 rings (SSSR count). The third-order valence-corrected chi connectivity index (χ3v) is 5.79. The second-order valence-corrected chi connectivity index (χ2v) is 8.25. The zero-order valence-corrected chi connectivity index (χ0v) is 16.5. The first kappa shape index (κ1) is 19.4. The van der Waals surface area contributed by atoms with Gasteiger partial charge in [-0.3, -0.25) is 4.68 Å². The summed E-state index contributed by atoms with van der Waals surface area (Å²) in [6.45, 7) is 3.83. The molecule has 1 aliphatic carbocycles. The fraction of sp³-hybridized carbons (Fsp3) is 0.444. The van der Waals surface area contributed by atoms with Crippen LogP contribution >= 0.6 is 0 Å². The summed E-state index contributed by atoms with van der Waals surface area (Å²) in [6, 6.07) is 8.92. The molecule has 1 aliphatic rings. The summed E-state index contributed by atoms with van der Waals surface area (Å²) < 4.78 is 28.9. The highest BCUT2D eigenvalue weighted by Crippen LogP contribution is 2.22. The number of aliphatic imine (C=N–C) groups is 1. The maximum atomic E-state index is 12.2. The molecule has 0 atom stereocenters. The van der Waals surface area contributed by atoms with E-state index in [9.17, 15) is 8.42 Å². The van der Waals surface area contributed by atoms with Crippen molar-refractivity contribution >= 4 is 16.0 Å². The van der Waals surface area contributed by atoms with Gasteiger partial charge in [0.15, 0.2) is 5.96 Å². The van der Waals surface area contributed by atoms with Crippen molar-refractivity contribution in [1.29, 1.82) is 0 Å². The Bertz CT molecular complexity index is 885. The van der Waals surface area contributed by atoms with E-state index in [4.69, 9.17) is 0 Å². The number of hydrogen-bond donors (Lipinski definition) is 3. The van der Waals surface area contributed by atoms with Crippen LogP contribution in [0.5, 0.6) is 0 Å². The highest BCUT2D eigenvalue weighted by Gasteiger charge is 2.27. The number of nitrogens with zero attached hydrogens (tertiary/aromatic N) is 3. The Kier molecular flexibility index (Phi) is 6.12. The van der Waals surface area contributed by atoms with E-state index in [1.807, 2.05) is 24.7 Å². The summed E-state index contributed by atoms with van der Waals surface area (Å²) in [6.07, 6.45) is 3.60. The minimum atomic E-state index is -3.41. The van der Waals surface area contributed by atoms with Gasteiger partial charge in [0.1, 0.15) is 0 Å². The fourth-order valence-electron chi connectivity index (χ4n) is 2.52. The first-order chi connectivity index (χ1) is 13.0. The van der Waals surface area contributed by atoms with E-state index in [-0.39, 0.29) is 6.04 Å². The smallest absolute Gasteiger partial charge is 0.240 e. The van der Waals surface area contributed by atoms with E-state index in [1.165, 1.54) is 0 Å². The van der Waals surface area contributed by atoms with Crippen LogP contribution in [0.2, 0.25) is 0 Å². The van der Waals surface area contributed by atoms with Crippen LogP contribution in [0.25, 0.3) is 0 Å². The third-order valence-electron chi connectivity index (χ3n) is 4.26. The van der Waals surface area contributed by atoms with Crippen LogP contribution < -0.4 is 15.4 Å². The van der Waals surface area contributed by atoms with Crippen molar-refractivity contribution in [3.63, 3.8) is 0 Å². The minimum Gasteiger partial charge on any atom is -0.357 e. The highest BCUT2D eigenvalue weighted by atomic mass is 32.2. The van der Waals surface area contributed by atoms with Crippen molar-refractivity contribution in [3.05, 3.63) is 47.8 Å². The second-order valence-electron chi connectivity index (χ2n) is 6.53. The number of nitrogens with one attached hydrogen (secondary N) is 3. The lowest BCUT2D eigenvalue weighted by molar-refractivity contribution is 0.581.